The molecule has 1 saturated heterocycles. The second-order valence-corrected chi connectivity index (χ2v) is 9.34. The zero-order valence-corrected chi connectivity index (χ0v) is 14.2. The van der Waals surface area contributed by atoms with Crippen molar-refractivity contribution in [2.75, 3.05) is 19.3 Å². The lowest BCUT2D eigenvalue weighted by atomic mass is 10.1. The molecule has 9 heteroatoms. The highest BCUT2D eigenvalue weighted by Gasteiger charge is 2.35. The van der Waals surface area contributed by atoms with E-state index in [-0.39, 0.29) is 23.5 Å². The van der Waals surface area contributed by atoms with Crippen LogP contribution in [-0.4, -0.2) is 52.6 Å². The van der Waals surface area contributed by atoms with Gasteiger partial charge in [-0.1, -0.05) is 0 Å². The predicted octanol–water partition coefficient (Wildman–Crippen LogP) is 0.600. The summed E-state index contributed by atoms with van der Waals surface area (Å²) >= 11 is 0. The summed E-state index contributed by atoms with van der Waals surface area (Å²) in [5.41, 5.74) is 0. The lowest BCUT2D eigenvalue weighted by molar-refractivity contribution is 0.233. The minimum Gasteiger partial charge on any atom is -0.311 e. The van der Waals surface area contributed by atoms with E-state index in [1.807, 2.05) is 6.92 Å². The van der Waals surface area contributed by atoms with Crippen molar-refractivity contribution in [1.82, 2.24) is 9.62 Å². The molecule has 1 fully saturated rings. The molecule has 0 spiro atoms. The first-order valence-corrected chi connectivity index (χ1v) is 10.1. The third-order valence-corrected chi connectivity index (χ3v) is 7.00. The van der Waals surface area contributed by atoms with Gasteiger partial charge in [-0.25, -0.2) is 21.2 Å². The molecular weight excluding hydrogens is 331 g/mol. The molecule has 2 rings (SSSR count). The Morgan fingerprint density at radius 1 is 1.23 bits per heavy atom. The Hall–Kier alpha value is -1.03. The van der Waals surface area contributed by atoms with Crippen LogP contribution in [0.25, 0.3) is 0 Å². The maximum atomic E-state index is 13.9. The van der Waals surface area contributed by atoms with Gasteiger partial charge in [0.25, 0.3) is 0 Å². The van der Waals surface area contributed by atoms with Crippen molar-refractivity contribution in [3.05, 3.63) is 24.0 Å². The van der Waals surface area contributed by atoms with Gasteiger partial charge in [0.1, 0.15) is 10.7 Å². The van der Waals surface area contributed by atoms with Crippen molar-refractivity contribution >= 4 is 19.9 Å². The number of hydrogen-bond acceptors (Lipinski definition) is 5. The van der Waals surface area contributed by atoms with Gasteiger partial charge in [0.15, 0.2) is 9.84 Å². The van der Waals surface area contributed by atoms with Crippen LogP contribution >= 0.6 is 0 Å². The van der Waals surface area contributed by atoms with Gasteiger partial charge in [-0.2, -0.15) is 4.31 Å². The molecule has 1 aliphatic heterocycles. The number of halogens is 1. The van der Waals surface area contributed by atoms with Crippen LogP contribution in [-0.2, 0) is 19.9 Å². The summed E-state index contributed by atoms with van der Waals surface area (Å²) in [6.07, 6.45) is 0.875. The van der Waals surface area contributed by atoms with E-state index in [9.17, 15) is 21.2 Å². The Balaban J connectivity index is 2.44. The number of sulfonamides is 1. The summed E-state index contributed by atoms with van der Waals surface area (Å²) in [7, 11) is -7.60. The van der Waals surface area contributed by atoms with Crippen molar-refractivity contribution in [1.29, 1.82) is 0 Å². The van der Waals surface area contributed by atoms with Crippen LogP contribution in [0.4, 0.5) is 4.39 Å². The molecule has 0 aromatic heterocycles. The van der Waals surface area contributed by atoms with Crippen molar-refractivity contribution in [2.24, 2.45) is 0 Å². The molecule has 1 aliphatic rings. The number of hydrogen-bond donors (Lipinski definition) is 1. The van der Waals surface area contributed by atoms with Gasteiger partial charge in [-0.05, 0) is 32.0 Å². The summed E-state index contributed by atoms with van der Waals surface area (Å²) < 4.78 is 63.3. The topological polar surface area (TPSA) is 83.6 Å². The number of piperazine rings is 1. The van der Waals surface area contributed by atoms with E-state index < -0.39 is 30.6 Å². The molecular formula is C13H19FN2O4S2. The zero-order chi connectivity index (χ0) is 16.7. The molecule has 1 heterocycles. The molecule has 2 unspecified atom stereocenters. The lowest BCUT2D eigenvalue weighted by Crippen LogP contribution is -2.57. The van der Waals surface area contributed by atoms with Gasteiger partial charge in [0.05, 0.1) is 4.90 Å². The molecule has 2 atom stereocenters. The summed E-state index contributed by atoms with van der Waals surface area (Å²) in [6, 6.07) is 2.59. The second kappa shape index (κ2) is 5.88. The number of nitrogens with one attached hydrogen (secondary N) is 1. The monoisotopic (exact) mass is 350 g/mol. The van der Waals surface area contributed by atoms with Gasteiger partial charge >= 0.3 is 0 Å². The molecule has 6 nitrogen and oxygen atoms in total. The Morgan fingerprint density at radius 3 is 2.41 bits per heavy atom. The van der Waals surface area contributed by atoms with Crippen molar-refractivity contribution in [2.45, 2.75) is 35.7 Å². The van der Waals surface area contributed by atoms with Crippen LogP contribution in [0.1, 0.15) is 13.8 Å². The summed E-state index contributed by atoms with van der Waals surface area (Å²) in [6.45, 7) is 4.44. The first-order valence-electron chi connectivity index (χ1n) is 6.80. The van der Waals surface area contributed by atoms with E-state index in [4.69, 9.17) is 0 Å². The van der Waals surface area contributed by atoms with Gasteiger partial charge in [0, 0.05) is 31.4 Å². The largest absolute Gasteiger partial charge is 0.311 e. The van der Waals surface area contributed by atoms with Gasteiger partial charge in [0.2, 0.25) is 10.0 Å². The average molecular weight is 350 g/mol. The molecule has 1 aromatic carbocycles. The van der Waals surface area contributed by atoms with Crippen molar-refractivity contribution in [3.63, 3.8) is 0 Å². The van der Waals surface area contributed by atoms with Crippen LogP contribution < -0.4 is 5.32 Å². The maximum Gasteiger partial charge on any atom is 0.243 e. The smallest absolute Gasteiger partial charge is 0.243 e. The molecule has 22 heavy (non-hydrogen) atoms. The summed E-state index contributed by atoms with van der Waals surface area (Å²) in [5.74, 6) is -1.06. The SMILES string of the molecule is CC1NCCN(S(=O)(=O)c2ccc(S(C)(=O)=O)c(F)c2)C1C. The highest BCUT2D eigenvalue weighted by atomic mass is 32.2. The third kappa shape index (κ3) is 3.17. The third-order valence-electron chi connectivity index (χ3n) is 3.89. The normalized spacial score (nSPS) is 24.4. The molecule has 1 aromatic rings. The van der Waals surface area contributed by atoms with Crippen LogP contribution in [0, 0.1) is 5.82 Å². The second-order valence-electron chi connectivity index (χ2n) is 5.46. The van der Waals surface area contributed by atoms with Gasteiger partial charge in [-0.15, -0.1) is 0 Å². The van der Waals surface area contributed by atoms with Crippen molar-refractivity contribution in [3.8, 4) is 0 Å². The summed E-state index contributed by atoms with van der Waals surface area (Å²) in [5, 5.41) is 3.17. The summed E-state index contributed by atoms with van der Waals surface area (Å²) in [4.78, 5) is -0.744. The molecule has 1 N–H and O–H groups in total. The van der Waals surface area contributed by atoms with Crippen LogP contribution in [0.3, 0.4) is 0 Å². The highest BCUT2D eigenvalue weighted by molar-refractivity contribution is 7.90. The lowest BCUT2D eigenvalue weighted by Gasteiger charge is -2.37. The van der Waals surface area contributed by atoms with Crippen molar-refractivity contribution < 1.29 is 21.2 Å². The van der Waals surface area contributed by atoms with E-state index in [2.05, 4.69) is 5.32 Å². The Kier molecular flexibility index (Phi) is 4.63. The fraction of sp³-hybridized carbons (Fsp3) is 0.538. The fourth-order valence-electron chi connectivity index (χ4n) is 2.44. The van der Waals surface area contributed by atoms with Crippen LogP contribution in [0.15, 0.2) is 28.0 Å². The Morgan fingerprint density at radius 2 is 1.86 bits per heavy atom. The molecule has 0 radical (unpaired) electrons. The highest BCUT2D eigenvalue weighted by Crippen LogP contribution is 2.24. The standard InChI is InChI=1S/C13H19FN2O4S2/c1-9-10(2)16(7-6-15-9)22(19,20)11-4-5-13(12(14)8-11)21(3,17)18/h4-5,8-10,15H,6-7H2,1-3H3. The minimum atomic E-state index is -3.87. The minimum absolute atomic E-state index is 0.0244. The van der Waals surface area contributed by atoms with E-state index >= 15 is 0 Å². The van der Waals surface area contributed by atoms with Crippen LogP contribution in [0.2, 0.25) is 0 Å². The molecule has 0 bridgehead atoms. The van der Waals surface area contributed by atoms with E-state index in [0.717, 1.165) is 24.5 Å². The van der Waals surface area contributed by atoms with Gasteiger partial charge < -0.3 is 5.32 Å². The van der Waals surface area contributed by atoms with Crippen LogP contribution in [0.5, 0.6) is 0 Å². The number of sulfone groups is 1. The molecule has 124 valence electrons. The average Bonchev–Trinajstić information content (AvgIpc) is 2.40. The Bertz CT molecular complexity index is 777. The molecule has 0 amide bonds. The zero-order valence-electron chi connectivity index (χ0n) is 12.6. The van der Waals surface area contributed by atoms with E-state index in [1.165, 1.54) is 4.31 Å². The van der Waals surface area contributed by atoms with Gasteiger partial charge in [-0.3, -0.25) is 0 Å². The molecule has 0 saturated carbocycles. The quantitative estimate of drug-likeness (QED) is 0.863. The number of benzene rings is 1. The first kappa shape index (κ1) is 17.3. The van der Waals surface area contributed by atoms with E-state index in [1.54, 1.807) is 6.92 Å². The number of nitrogens with zero attached hydrogens (tertiary/aromatic N) is 1. The predicted molar refractivity (Wildman–Crippen MR) is 80.3 cm³/mol. The van der Waals surface area contributed by atoms with E-state index in [0.29, 0.717) is 6.54 Å². The Labute approximate surface area is 130 Å². The maximum absolute atomic E-state index is 13.9. The fourth-order valence-corrected chi connectivity index (χ4v) is 4.89. The number of rotatable bonds is 3. The first-order chi connectivity index (χ1) is 10.0. The molecule has 0 aliphatic carbocycles.